The van der Waals surface area contributed by atoms with Gasteiger partial charge >= 0.3 is 11.7 Å². The van der Waals surface area contributed by atoms with E-state index >= 15 is 0 Å². The molecule has 40 valence electrons. The molecular weight excluding hydrogens is 122 g/mol. The van der Waals surface area contributed by atoms with Crippen molar-refractivity contribution in [3.8, 4) is 0 Å². The molecule has 1 heterocycles. The lowest BCUT2D eigenvalue weighted by Gasteiger charge is -1.70. The predicted molar refractivity (Wildman–Crippen MR) is 30.6 cm³/mol. The fraction of sp³-hybridized carbons (Fsp3) is 0. The number of hydrogen-bond acceptors (Lipinski definition) is 2. The highest BCUT2D eigenvalue weighted by atomic mass is 32.1. The highest BCUT2D eigenvalue weighted by molar-refractivity contribution is 7.65. The van der Waals surface area contributed by atoms with Crippen molar-refractivity contribution in [1.82, 2.24) is 4.98 Å². The van der Waals surface area contributed by atoms with Crippen LogP contribution in [0.25, 0.3) is 0 Å². The average Bonchev–Trinajstić information content (AvgIpc) is 1.90. The summed E-state index contributed by atoms with van der Waals surface area (Å²) in [5.74, 6) is 0. The van der Waals surface area contributed by atoms with Crippen LogP contribution in [0, 0.1) is 0 Å². The van der Waals surface area contributed by atoms with E-state index in [9.17, 15) is 4.21 Å². The molecule has 1 aromatic heterocycles. The molecule has 0 aliphatic heterocycles. The Labute approximate surface area is 51.1 Å². The zero-order valence-corrected chi connectivity index (χ0v) is 4.89. The molecule has 8 heavy (non-hydrogen) atoms. The SMILES string of the molecule is O=[S+]c1ccncc1. The van der Waals surface area contributed by atoms with Gasteiger partial charge in [0.2, 0.25) is 0 Å². The second kappa shape index (κ2) is 2.47. The van der Waals surface area contributed by atoms with Crippen molar-refractivity contribution >= 4 is 11.7 Å². The summed E-state index contributed by atoms with van der Waals surface area (Å²) in [6, 6.07) is 3.36. The van der Waals surface area contributed by atoms with Crippen LogP contribution in [-0.4, -0.2) is 4.98 Å². The summed E-state index contributed by atoms with van der Waals surface area (Å²) in [6.07, 6.45) is 3.19. The van der Waals surface area contributed by atoms with Crippen LogP contribution in [0.4, 0.5) is 0 Å². The summed E-state index contributed by atoms with van der Waals surface area (Å²) < 4.78 is 10.0. The van der Waals surface area contributed by atoms with Crippen LogP contribution in [-0.2, 0) is 15.9 Å². The van der Waals surface area contributed by atoms with Crippen molar-refractivity contribution in [3.63, 3.8) is 0 Å². The number of hydrogen-bond donors (Lipinski definition) is 0. The maximum Gasteiger partial charge on any atom is 0.505 e. The van der Waals surface area contributed by atoms with E-state index in [1.165, 1.54) is 0 Å². The van der Waals surface area contributed by atoms with Gasteiger partial charge in [0.05, 0.1) is 0 Å². The Morgan fingerprint density at radius 2 is 2.00 bits per heavy atom. The maximum absolute atomic E-state index is 10.0. The lowest BCUT2D eigenvalue weighted by molar-refractivity contribution is 0.605. The molecule has 1 rings (SSSR count). The van der Waals surface area contributed by atoms with Crippen LogP contribution < -0.4 is 0 Å². The van der Waals surface area contributed by atoms with Crippen LogP contribution in [0.3, 0.4) is 0 Å². The molecule has 1 aromatic rings. The lowest BCUT2D eigenvalue weighted by Crippen LogP contribution is -1.71. The van der Waals surface area contributed by atoms with Gasteiger partial charge in [-0.15, -0.1) is 0 Å². The van der Waals surface area contributed by atoms with E-state index in [1.807, 2.05) is 0 Å². The second-order valence-corrected chi connectivity index (χ2v) is 1.90. The van der Waals surface area contributed by atoms with Gasteiger partial charge in [0.15, 0.2) is 0 Å². The van der Waals surface area contributed by atoms with E-state index in [0.717, 1.165) is 0 Å². The first-order chi connectivity index (χ1) is 3.93. The standard InChI is InChI=1S/C5H4NOS/c7-8-5-1-3-6-4-2-5/h1-4H/q+1. The molecule has 3 heteroatoms. The highest BCUT2D eigenvalue weighted by Gasteiger charge is 2.00. The van der Waals surface area contributed by atoms with Gasteiger partial charge in [0, 0.05) is 28.7 Å². The smallest absolute Gasteiger partial charge is 0.264 e. The van der Waals surface area contributed by atoms with Gasteiger partial charge in [-0.3, -0.25) is 4.98 Å². The van der Waals surface area contributed by atoms with Gasteiger partial charge in [0.1, 0.15) is 0 Å². The molecule has 0 fully saturated rings. The normalized spacial score (nSPS) is 8.50. The summed E-state index contributed by atoms with van der Waals surface area (Å²) in [6.45, 7) is 0. The molecule has 0 spiro atoms. The first-order valence-corrected chi connectivity index (χ1v) is 2.87. The lowest BCUT2D eigenvalue weighted by atomic mass is 10.5. The Morgan fingerprint density at radius 3 is 2.38 bits per heavy atom. The average molecular weight is 126 g/mol. The predicted octanol–water partition coefficient (Wildman–Crippen LogP) is 0.869. The molecule has 0 amide bonds. The van der Waals surface area contributed by atoms with Crippen LogP contribution >= 0.6 is 0 Å². The minimum absolute atomic E-state index is 0.479. The van der Waals surface area contributed by atoms with Gasteiger partial charge in [0.25, 0.3) is 4.90 Å². The first kappa shape index (κ1) is 5.31. The quantitative estimate of drug-likeness (QED) is 0.522. The van der Waals surface area contributed by atoms with Crippen LogP contribution in [0.1, 0.15) is 0 Å². The molecule has 0 radical (unpaired) electrons. The monoisotopic (exact) mass is 126 g/mol. The molecule has 0 aromatic carbocycles. The molecule has 0 saturated carbocycles. The topological polar surface area (TPSA) is 30.0 Å². The van der Waals surface area contributed by atoms with Gasteiger partial charge in [-0.1, -0.05) is 0 Å². The summed E-state index contributed by atoms with van der Waals surface area (Å²) >= 11 is 0.479. The number of rotatable bonds is 1. The van der Waals surface area contributed by atoms with Crippen molar-refractivity contribution in [1.29, 1.82) is 0 Å². The maximum atomic E-state index is 10.0. The minimum Gasteiger partial charge on any atom is -0.264 e. The molecule has 2 nitrogen and oxygen atoms in total. The zero-order chi connectivity index (χ0) is 5.82. The number of aromatic nitrogens is 1. The first-order valence-electron chi connectivity index (χ1n) is 2.13. The molecule has 0 N–H and O–H groups in total. The fourth-order valence-electron chi connectivity index (χ4n) is 0.394. The summed E-state index contributed by atoms with van der Waals surface area (Å²) in [5, 5.41) is 0. The molecule has 0 bridgehead atoms. The number of nitrogens with zero attached hydrogens (tertiary/aromatic N) is 1. The van der Waals surface area contributed by atoms with Crippen molar-refractivity contribution < 1.29 is 4.21 Å². The minimum atomic E-state index is 0.479. The van der Waals surface area contributed by atoms with E-state index < -0.39 is 0 Å². The van der Waals surface area contributed by atoms with Crippen LogP contribution in [0.15, 0.2) is 29.4 Å². The summed E-state index contributed by atoms with van der Waals surface area (Å²) in [5.41, 5.74) is 0. The summed E-state index contributed by atoms with van der Waals surface area (Å²) in [7, 11) is 0. The van der Waals surface area contributed by atoms with Crippen molar-refractivity contribution in [2.75, 3.05) is 0 Å². The van der Waals surface area contributed by atoms with E-state index in [0.29, 0.717) is 16.6 Å². The molecule has 0 aliphatic carbocycles. The number of pyridine rings is 1. The zero-order valence-electron chi connectivity index (χ0n) is 4.07. The van der Waals surface area contributed by atoms with E-state index in [-0.39, 0.29) is 0 Å². The Morgan fingerprint density at radius 1 is 1.38 bits per heavy atom. The second-order valence-electron chi connectivity index (χ2n) is 1.27. The molecule has 0 saturated heterocycles. The Balaban J connectivity index is 2.99. The van der Waals surface area contributed by atoms with E-state index in [2.05, 4.69) is 4.98 Å². The third-order valence-electron chi connectivity index (χ3n) is 0.746. The fourth-order valence-corrected chi connectivity index (χ4v) is 0.627. The Kier molecular flexibility index (Phi) is 1.64. The molecular formula is C5H4NOS+. The highest BCUT2D eigenvalue weighted by Crippen LogP contribution is 1.92. The van der Waals surface area contributed by atoms with E-state index in [4.69, 9.17) is 0 Å². The van der Waals surface area contributed by atoms with Gasteiger partial charge < -0.3 is 0 Å². The van der Waals surface area contributed by atoms with Gasteiger partial charge in [-0.2, -0.15) is 0 Å². The molecule has 0 aliphatic rings. The van der Waals surface area contributed by atoms with Crippen LogP contribution in [0.2, 0.25) is 0 Å². The Bertz CT molecular complexity index is 175. The van der Waals surface area contributed by atoms with Gasteiger partial charge in [-0.25, -0.2) is 0 Å². The largest absolute Gasteiger partial charge is 0.505 e. The summed E-state index contributed by atoms with van der Waals surface area (Å²) in [4.78, 5) is 4.45. The van der Waals surface area contributed by atoms with E-state index in [1.54, 1.807) is 24.5 Å². The van der Waals surface area contributed by atoms with Gasteiger partial charge in [-0.05, 0) is 0 Å². The Hall–Kier alpha value is -0.830. The van der Waals surface area contributed by atoms with Crippen molar-refractivity contribution in [3.05, 3.63) is 24.5 Å². The molecule has 0 atom stereocenters. The third kappa shape index (κ3) is 1.07. The van der Waals surface area contributed by atoms with Crippen molar-refractivity contribution in [2.24, 2.45) is 0 Å². The van der Waals surface area contributed by atoms with Crippen molar-refractivity contribution in [2.45, 2.75) is 4.90 Å². The van der Waals surface area contributed by atoms with Crippen LogP contribution in [0.5, 0.6) is 0 Å². The molecule has 0 unspecified atom stereocenters. The third-order valence-corrected chi connectivity index (χ3v) is 1.21.